The van der Waals surface area contributed by atoms with Crippen LogP contribution in [0.4, 0.5) is 0 Å². The van der Waals surface area contributed by atoms with Crippen molar-refractivity contribution < 1.29 is 4.74 Å². The van der Waals surface area contributed by atoms with E-state index in [1.165, 1.54) is 11.1 Å². The number of benzene rings is 1. The van der Waals surface area contributed by atoms with Gasteiger partial charge >= 0.3 is 0 Å². The monoisotopic (exact) mass is 205 g/mol. The lowest BCUT2D eigenvalue weighted by Gasteiger charge is -2.24. The van der Waals surface area contributed by atoms with E-state index in [0.717, 1.165) is 26.2 Å². The van der Waals surface area contributed by atoms with Crippen molar-refractivity contribution in [1.29, 1.82) is 0 Å². The highest BCUT2D eigenvalue weighted by Crippen LogP contribution is 2.18. The fourth-order valence-electron chi connectivity index (χ4n) is 1.92. The molecule has 1 aromatic carbocycles. The number of hydrogen-bond acceptors (Lipinski definition) is 2. The molecule has 1 unspecified atom stereocenters. The molecular formula is C13H19NO. The van der Waals surface area contributed by atoms with Crippen molar-refractivity contribution in [2.45, 2.75) is 32.4 Å². The van der Waals surface area contributed by atoms with Crippen molar-refractivity contribution in [1.82, 2.24) is 5.32 Å². The first kappa shape index (κ1) is 10.7. The zero-order valence-corrected chi connectivity index (χ0v) is 9.55. The summed E-state index contributed by atoms with van der Waals surface area (Å²) in [7, 11) is 0. The van der Waals surface area contributed by atoms with Gasteiger partial charge in [0, 0.05) is 18.7 Å². The first-order valence-electron chi connectivity index (χ1n) is 5.57. The lowest BCUT2D eigenvalue weighted by atomic mass is 10.0. The molecule has 1 aliphatic heterocycles. The van der Waals surface area contributed by atoms with Crippen LogP contribution < -0.4 is 5.32 Å². The zero-order valence-electron chi connectivity index (χ0n) is 9.55. The lowest BCUT2D eigenvalue weighted by Crippen LogP contribution is -2.42. The summed E-state index contributed by atoms with van der Waals surface area (Å²) in [6.45, 7) is 7.05. The Hall–Kier alpha value is -0.860. The third-order valence-corrected chi connectivity index (χ3v) is 3.19. The molecule has 0 saturated carbocycles. The molecule has 0 amide bonds. The van der Waals surface area contributed by atoms with Crippen LogP contribution in [0.5, 0.6) is 0 Å². The Kier molecular flexibility index (Phi) is 3.08. The molecule has 0 bridgehead atoms. The summed E-state index contributed by atoms with van der Waals surface area (Å²) in [6, 6.07) is 8.52. The molecule has 0 aromatic heterocycles. The number of aryl methyl sites for hydroxylation is 1. The van der Waals surface area contributed by atoms with Crippen LogP contribution in [0.25, 0.3) is 0 Å². The summed E-state index contributed by atoms with van der Waals surface area (Å²) in [5.41, 5.74) is 2.90. The highest BCUT2D eigenvalue weighted by Gasteiger charge is 2.28. The third-order valence-electron chi connectivity index (χ3n) is 3.19. The van der Waals surface area contributed by atoms with E-state index in [1.807, 2.05) is 0 Å². The summed E-state index contributed by atoms with van der Waals surface area (Å²) < 4.78 is 5.42. The molecule has 0 aliphatic carbocycles. The maximum atomic E-state index is 5.42. The largest absolute Gasteiger partial charge is 0.379 e. The fraction of sp³-hybridized carbons (Fsp3) is 0.538. The topological polar surface area (TPSA) is 21.3 Å². The van der Waals surface area contributed by atoms with E-state index in [1.54, 1.807) is 0 Å². The predicted molar refractivity (Wildman–Crippen MR) is 61.9 cm³/mol. The molecule has 1 N–H and O–H groups in total. The summed E-state index contributed by atoms with van der Waals surface area (Å²) in [6.07, 6.45) is 1.11. The summed E-state index contributed by atoms with van der Waals surface area (Å²) in [5.74, 6) is 0. The van der Waals surface area contributed by atoms with Crippen molar-refractivity contribution in [3.63, 3.8) is 0 Å². The Morgan fingerprint density at radius 2 is 2.20 bits per heavy atom. The first-order valence-corrected chi connectivity index (χ1v) is 5.57. The first-order chi connectivity index (χ1) is 7.20. The van der Waals surface area contributed by atoms with Crippen molar-refractivity contribution in [3.05, 3.63) is 35.4 Å². The molecule has 1 fully saturated rings. The smallest absolute Gasteiger partial charge is 0.0646 e. The van der Waals surface area contributed by atoms with Crippen LogP contribution in [0.3, 0.4) is 0 Å². The van der Waals surface area contributed by atoms with E-state index in [2.05, 4.69) is 43.4 Å². The molecule has 2 heteroatoms. The second-order valence-electron chi connectivity index (χ2n) is 4.64. The maximum absolute atomic E-state index is 5.42. The summed E-state index contributed by atoms with van der Waals surface area (Å²) in [5, 5.41) is 3.59. The molecule has 0 spiro atoms. The number of nitrogens with one attached hydrogen (secondary N) is 1. The molecule has 1 atom stereocenters. The minimum atomic E-state index is 0.169. The normalized spacial score (nSPS) is 25.7. The summed E-state index contributed by atoms with van der Waals surface area (Å²) >= 11 is 0. The van der Waals surface area contributed by atoms with E-state index in [4.69, 9.17) is 4.74 Å². The number of hydrogen-bond donors (Lipinski definition) is 1. The van der Waals surface area contributed by atoms with Crippen LogP contribution >= 0.6 is 0 Å². The lowest BCUT2D eigenvalue weighted by molar-refractivity contribution is 0.171. The molecular weight excluding hydrogens is 186 g/mol. The average Bonchev–Trinajstić information content (AvgIpc) is 2.65. The van der Waals surface area contributed by atoms with Crippen molar-refractivity contribution >= 4 is 0 Å². The molecule has 82 valence electrons. The molecule has 15 heavy (non-hydrogen) atoms. The van der Waals surface area contributed by atoms with Crippen LogP contribution in [0.2, 0.25) is 0 Å². The second-order valence-corrected chi connectivity index (χ2v) is 4.64. The van der Waals surface area contributed by atoms with Crippen molar-refractivity contribution in [2.75, 3.05) is 13.2 Å². The SMILES string of the molecule is Cc1ccccc1CNC1(C)CCOC1. The highest BCUT2D eigenvalue weighted by atomic mass is 16.5. The molecule has 0 radical (unpaired) electrons. The van der Waals surface area contributed by atoms with Gasteiger partial charge in [0.2, 0.25) is 0 Å². The van der Waals surface area contributed by atoms with E-state index in [9.17, 15) is 0 Å². The van der Waals surface area contributed by atoms with Crippen molar-refractivity contribution in [3.8, 4) is 0 Å². The number of rotatable bonds is 3. The van der Waals surface area contributed by atoms with Gasteiger partial charge in [-0.15, -0.1) is 0 Å². The van der Waals surface area contributed by atoms with E-state index < -0.39 is 0 Å². The Morgan fingerprint density at radius 1 is 1.40 bits per heavy atom. The van der Waals surface area contributed by atoms with Gasteiger partial charge in [0.15, 0.2) is 0 Å². The van der Waals surface area contributed by atoms with Gasteiger partial charge in [0.05, 0.1) is 6.61 Å². The summed E-state index contributed by atoms with van der Waals surface area (Å²) in [4.78, 5) is 0. The molecule has 1 heterocycles. The van der Waals surface area contributed by atoms with Crippen LogP contribution in [-0.4, -0.2) is 18.8 Å². The van der Waals surface area contributed by atoms with E-state index in [0.29, 0.717) is 0 Å². The van der Waals surface area contributed by atoms with Crippen LogP contribution in [-0.2, 0) is 11.3 Å². The fourth-order valence-corrected chi connectivity index (χ4v) is 1.92. The van der Waals surface area contributed by atoms with Gasteiger partial charge in [-0.3, -0.25) is 0 Å². The maximum Gasteiger partial charge on any atom is 0.0646 e. The van der Waals surface area contributed by atoms with Crippen LogP contribution in [0, 0.1) is 6.92 Å². The zero-order chi connectivity index (χ0) is 10.7. The van der Waals surface area contributed by atoms with Crippen LogP contribution in [0.1, 0.15) is 24.5 Å². The van der Waals surface area contributed by atoms with E-state index >= 15 is 0 Å². The Morgan fingerprint density at radius 3 is 2.87 bits per heavy atom. The minimum Gasteiger partial charge on any atom is -0.379 e. The average molecular weight is 205 g/mol. The Bertz CT molecular complexity index is 329. The molecule has 1 aliphatic rings. The van der Waals surface area contributed by atoms with Gasteiger partial charge in [-0.1, -0.05) is 24.3 Å². The van der Waals surface area contributed by atoms with Crippen LogP contribution in [0.15, 0.2) is 24.3 Å². The third kappa shape index (κ3) is 2.58. The van der Waals surface area contributed by atoms with Gasteiger partial charge in [0.1, 0.15) is 0 Å². The standard InChI is InChI=1S/C13H19NO/c1-11-5-3-4-6-12(11)9-14-13(2)7-8-15-10-13/h3-6,14H,7-10H2,1-2H3. The Balaban J connectivity index is 1.95. The van der Waals surface area contributed by atoms with E-state index in [-0.39, 0.29) is 5.54 Å². The predicted octanol–water partition coefficient (Wildman–Crippen LogP) is 2.26. The molecule has 1 aromatic rings. The number of ether oxygens (including phenoxy) is 1. The van der Waals surface area contributed by atoms with Gasteiger partial charge in [-0.25, -0.2) is 0 Å². The molecule has 2 nitrogen and oxygen atoms in total. The van der Waals surface area contributed by atoms with Gasteiger partial charge in [-0.05, 0) is 31.4 Å². The molecule has 2 rings (SSSR count). The van der Waals surface area contributed by atoms with Crippen molar-refractivity contribution in [2.24, 2.45) is 0 Å². The van der Waals surface area contributed by atoms with Gasteiger partial charge < -0.3 is 10.1 Å². The van der Waals surface area contributed by atoms with Gasteiger partial charge in [0.25, 0.3) is 0 Å². The quantitative estimate of drug-likeness (QED) is 0.817. The minimum absolute atomic E-state index is 0.169. The van der Waals surface area contributed by atoms with Gasteiger partial charge in [-0.2, -0.15) is 0 Å². The molecule has 1 saturated heterocycles. The highest BCUT2D eigenvalue weighted by molar-refractivity contribution is 5.25. The second kappa shape index (κ2) is 4.33. The Labute approximate surface area is 91.6 Å².